The average Bonchev–Trinajstić information content (AvgIpc) is 2.51. The highest BCUT2D eigenvalue weighted by Gasteiger charge is 2.21. The third kappa shape index (κ3) is 7.72. The molecule has 120 valence electrons. The van der Waals surface area contributed by atoms with Crippen molar-refractivity contribution in [1.82, 2.24) is 0 Å². The third-order valence-electron chi connectivity index (χ3n) is 3.21. The van der Waals surface area contributed by atoms with E-state index in [4.69, 9.17) is 16.2 Å². The van der Waals surface area contributed by atoms with Gasteiger partial charge in [0.2, 0.25) is 0 Å². The van der Waals surface area contributed by atoms with Crippen LogP contribution in [0.25, 0.3) is 0 Å². The SMILES string of the molecule is CCCCC(CC)COC(=O)C(=CC(=O)CN)C(=O)CN. The monoisotopic (exact) mass is 298 g/mol. The summed E-state index contributed by atoms with van der Waals surface area (Å²) >= 11 is 0. The van der Waals surface area contributed by atoms with Crippen LogP contribution in [0.5, 0.6) is 0 Å². The topological polar surface area (TPSA) is 112 Å². The zero-order valence-corrected chi connectivity index (χ0v) is 12.9. The fraction of sp³-hybridized carbons (Fsp3) is 0.667. The minimum absolute atomic E-state index is 0.237. The van der Waals surface area contributed by atoms with E-state index in [1.165, 1.54) is 0 Å². The summed E-state index contributed by atoms with van der Waals surface area (Å²) < 4.78 is 5.15. The molecule has 6 heteroatoms. The molecule has 6 nitrogen and oxygen atoms in total. The highest BCUT2D eigenvalue weighted by molar-refractivity contribution is 6.21. The molecule has 0 aromatic rings. The van der Waals surface area contributed by atoms with E-state index in [2.05, 4.69) is 6.92 Å². The Morgan fingerprint density at radius 3 is 2.29 bits per heavy atom. The van der Waals surface area contributed by atoms with Crippen molar-refractivity contribution in [3.8, 4) is 0 Å². The van der Waals surface area contributed by atoms with Crippen molar-refractivity contribution in [1.29, 1.82) is 0 Å². The van der Waals surface area contributed by atoms with Gasteiger partial charge >= 0.3 is 5.97 Å². The lowest BCUT2D eigenvalue weighted by Crippen LogP contribution is -2.26. The van der Waals surface area contributed by atoms with Crippen molar-refractivity contribution in [2.75, 3.05) is 19.7 Å². The molecule has 0 rings (SSSR count). The normalized spacial score (nSPS) is 12.9. The smallest absolute Gasteiger partial charge is 0.341 e. The zero-order valence-electron chi connectivity index (χ0n) is 12.9. The molecular weight excluding hydrogens is 272 g/mol. The Labute approximate surface area is 125 Å². The minimum atomic E-state index is -0.804. The Bertz CT molecular complexity index is 391. The number of carbonyl (C=O) groups excluding carboxylic acids is 3. The Morgan fingerprint density at radius 2 is 1.81 bits per heavy atom. The van der Waals surface area contributed by atoms with Gasteiger partial charge in [0.05, 0.1) is 19.7 Å². The standard InChI is InChI=1S/C15H26N2O4/c1-3-5-6-11(4-2)10-21-15(20)13(14(19)9-17)7-12(18)8-16/h7,11H,3-6,8-10,16-17H2,1-2H3. The molecule has 4 N–H and O–H groups in total. The molecule has 0 spiro atoms. The fourth-order valence-corrected chi connectivity index (χ4v) is 1.75. The second kappa shape index (κ2) is 11.2. The van der Waals surface area contributed by atoms with Crippen molar-refractivity contribution in [3.63, 3.8) is 0 Å². The number of Topliss-reactive ketones (excluding diaryl/α,β-unsaturated/α-hetero) is 1. The zero-order chi connectivity index (χ0) is 16.3. The number of ether oxygens (including phenoxy) is 1. The van der Waals surface area contributed by atoms with Crippen LogP contribution in [0.4, 0.5) is 0 Å². The quantitative estimate of drug-likeness (QED) is 0.252. The van der Waals surface area contributed by atoms with Gasteiger partial charge in [0, 0.05) is 6.08 Å². The minimum Gasteiger partial charge on any atom is -0.462 e. The molecule has 1 unspecified atom stereocenters. The molecule has 21 heavy (non-hydrogen) atoms. The summed E-state index contributed by atoms with van der Waals surface area (Å²) in [5.41, 5.74) is 10.1. The first-order valence-electron chi connectivity index (χ1n) is 7.35. The number of carbonyl (C=O) groups is 3. The van der Waals surface area contributed by atoms with Crippen LogP contribution >= 0.6 is 0 Å². The van der Waals surface area contributed by atoms with E-state index < -0.39 is 17.5 Å². The number of hydrogen-bond acceptors (Lipinski definition) is 6. The van der Waals surface area contributed by atoms with Gasteiger partial charge in [0.1, 0.15) is 5.57 Å². The molecule has 0 saturated carbocycles. The highest BCUT2D eigenvalue weighted by atomic mass is 16.5. The first-order chi connectivity index (χ1) is 9.99. The largest absolute Gasteiger partial charge is 0.462 e. The molecule has 0 aromatic heterocycles. The van der Waals surface area contributed by atoms with Crippen LogP contribution in [0, 0.1) is 5.92 Å². The summed E-state index contributed by atoms with van der Waals surface area (Å²) in [6.45, 7) is 3.72. The van der Waals surface area contributed by atoms with Crippen molar-refractivity contribution in [2.45, 2.75) is 39.5 Å². The van der Waals surface area contributed by atoms with Crippen LogP contribution in [-0.4, -0.2) is 37.2 Å². The summed E-state index contributed by atoms with van der Waals surface area (Å²) in [4.78, 5) is 34.8. The molecule has 0 aromatic carbocycles. The summed E-state index contributed by atoms with van der Waals surface area (Å²) in [5, 5.41) is 0. The van der Waals surface area contributed by atoms with E-state index in [0.717, 1.165) is 31.8 Å². The van der Waals surface area contributed by atoms with Crippen LogP contribution in [0.15, 0.2) is 11.6 Å². The number of nitrogens with two attached hydrogens (primary N) is 2. The maximum Gasteiger partial charge on any atom is 0.341 e. The van der Waals surface area contributed by atoms with E-state index in [-0.39, 0.29) is 31.2 Å². The number of esters is 1. The molecule has 1 atom stereocenters. The second-order valence-electron chi connectivity index (χ2n) is 4.87. The number of rotatable bonds is 11. The van der Waals surface area contributed by atoms with Crippen molar-refractivity contribution >= 4 is 17.5 Å². The van der Waals surface area contributed by atoms with Crippen LogP contribution in [0.3, 0.4) is 0 Å². The summed E-state index contributed by atoms with van der Waals surface area (Å²) in [6, 6.07) is 0. The molecule has 0 heterocycles. The van der Waals surface area contributed by atoms with Crippen LogP contribution in [0.2, 0.25) is 0 Å². The maximum atomic E-state index is 11.9. The van der Waals surface area contributed by atoms with E-state index in [0.29, 0.717) is 0 Å². The van der Waals surface area contributed by atoms with E-state index >= 15 is 0 Å². The molecule has 0 aliphatic rings. The van der Waals surface area contributed by atoms with Gasteiger partial charge in [-0.05, 0) is 12.3 Å². The molecule has 0 fully saturated rings. The van der Waals surface area contributed by atoms with Crippen molar-refractivity contribution < 1.29 is 19.1 Å². The van der Waals surface area contributed by atoms with Gasteiger partial charge in [-0.2, -0.15) is 0 Å². The maximum absolute atomic E-state index is 11.9. The number of ketones is 2. The first-order valence-corrected chi connectivity index (χ1v) is 7.35. The van der Waals surface area contributed by atoms with Crippen LogP contribution in [-0.2, 0) is 19.1 Å². The molecule has 0 saturated heterocycles. The lowest BCUT2D eigenvalue weighted by molar-refractivity contribution is -0.142. The Morgan fingerprint density at radius 1 is 1.14 bits per heavy atom. The Kier molecular flexibility index (Phi) is 10.4. The first kappa shape index (κ1) is 19.5. The highest BCUT2D eigenvalue weighted by Crippen LogP contribution is 2.14. The predicted octanol–water partition coefficient (Wildman–Crippen LogP) is 0.728. The third-order valence-corrected chi connectivity index (χ3v) is 3.21. The van der Waals surface area contributed by atoms with Gasteiger partial charge in [-0.3, -0.25) is 9.59 Å². The van der Waals surface area contributed by atoms with Crippen LogP contribution < -0.4 is 11.5 Å². The predicted molar refractivity (Wildman–Crippen MR) is 80.5 cm³/mol. The van der Waals surface area contributed by atoms with Gasteiger partial charge in [0.15, 0.2) is 11.6 Å². The van der Waals surface area contributed by atoms with E-state index in [1.54, 1.807) is 0 Å². The molecule has 0 radical (unpaired) electrons. The van der Waals surface area contributed by atoms with Gasteiger partial charge in [-0.25, -0.2) is 4.79 Å². The molecule has 0 bridgehead atoms. The summed E-state index contributed by atoms with van der Waals surface area (Å²) in [6.07, 6.45) is 4.91. The second-order valence-corrected chi connectivity index (χ2v) is 4.87. The molecule has 0 aliphatic carbocycles. The molecule has 0 amide bonds. The van der Waals surface area contributed by atoms with Crippen molar-refractivity contribution in [2.24, 2.45) is 17.4 Å². The lowest BCUT2D eigenvalue weighted by Gasteiger charge is -2.15. The van der Waals surface area contributed by atoms with Crippen LogP contribution in [0.1, 0.15) is 39.5 Å². The Hall–Kier alpha value is -1.53. The lowest BCUT2D eigenvalue weighted by atomic mass is 10.0. The van der Waals surface area contributed by atoms with E-state index in [9.17, 15) is 14.4 Å². The summed E-state index contributed by atoms with van der Waals surface area (Å²) in [7, 11) is 0. The number of unbranched alkanes of at least 4 members (excludes halogenated alkanes) is 1. The van der Waals surface area contributed by atoms with Gasteiger partial charge in [-0.15, -0.1) is 0 Å². The van der Waals surface area contributed by atoms with E-state index in [1.807, 2.05) is 6.92 Å². The fourth-order valence-electron chi connectivity index (χ4n) is 1.75. The van der Waals surface area contributed by atoms with Gasteiger partial charge in [-0.1, -0.05) is 33.1 Å². The summed E-state index contributed by atoms with van der Waals surface area (Å²) in [5.74, 6) is -1.68. The molecule has 0 aliphatic heterocycles. The average molecular weight is 298 g/mol. The number of hydrogen-bond donors (Lipinski definition) is 2. The van der Waals surface area contributed by atoms with Gasteiger partial charge in [0.25, 0.3) is 0 Å². The van der Waals surface area contributed by atoms with Gasteiger partial charge < -0.3 is 16.2 Å². The Balaban J connectivity index is 4.71. The van der Waals surface area contributed by atoms with Crippen molar-refractivity contribution in [3.05, 3.63) is 11.6 Å². The molecular formula is C15H26N2O4.